The number of nitrogens with one attached hydrogen (secondary N) is 3. The Kier molecular flexibility index (Phi) is 12.8. The summed E-state index contributed by atoms with van der Waals surface area (Å²) < 4.78 is 15.5. The lowest BCUT2D eigenvalue weighted by Gasteiger charge is -2.24. The number of methoxy groups -OCH3 is 2. The smallest absolute Gasteiger partial charge is 0.410 e. The van der Waals surface area contributed by atoms with Crippen molar-refractivity contribution in [3.8, 4) is 17.7 Å². The monoisotopic (exact) mass is 541 g/mol. The van der Waals surface area contributed by atoms with E-state index in [1.807, 2.05) is 0 Å². The number of pyridine rings is 1. The number of likely N-dealkylation sites (N-methyl/N-ethyl adjacent to an activating group) is 1. The predicted molar refractivity (Wildman–Crippen MR) is 149 cm³/mol. The van der Waals surface area contributed by atoms with Gasteiger partial charge < -0.3 is 35.1 Å². The van der Waals surface area contributed by atoms with Crippen molar-refractivity contribution in [1.29, 1.82) is 0 Å². The minimum Gasteiger partial charge on any atom is -0.481 e. The van der Waals surface area contributed by atoms with Gasteiger partial charge in [-0.1, -0.05) is 11.8 Å². The third-order valence-corrected chi connectivity index (χ3v) is 4.92. The highest BCUT2D eigenvalue weighted by Crippen LogP contribution is 2.19. The van der Waals surface area contributed by atoms with Crippen LogP contribution in [0.15, 0.2) is 24.5 Å². The van der Waals surface area contributed by atoms with Crippen LogP contribution in [0.1, 0.15) is 45.6 Å². The Hall–Kier alpha value is -4.11. The van der Waals surface area contributed by atoms with Crippen LogP contribution < -0.4 is 20.7 Å². The van der Waals surface area contributed by atoms with Gasteiger partial charge in [-0.15, -0.1) is 0 Å². The van der Waals surface area contributed by atoms with Gasteiger partial charge in [-0.05, 0) is 39.7 Å². The average Bonchev–Trinajstić information content (AvgIpc) is 2.88. The zero-order valence-corrected chi connectivity index (χ0v) is 23.6. The van der Waals surface area contributed by atoms with E-state index in [4.69, 9.17) is 14.2 Å². The molecular weight excluding hydrogens is 502 g/mol. The maximum Gasteiger partial charge on any atom is 0.410 e. The number of ether oxygens (including phenoxy) is 3. The van der Waals surface area contributed by atoms with Crippen LogP contribution >= 0.6 is 0 Å². The van der Waals surface area contributed by atoms with Crippen LogP contribution in [0.4, 0.5) is 22.2 Å². The predicted octanol–water partition coefficient (Wildman–Crippen LogP) is 3.19. The molecule has 0 aromatic carbocycles. The van der Waals surface area contributed by atoms with Crippen LogP contribution in [0.3, 0.4) is 0 Å². The molecule has 0 unspecified atom stereocenters. The minimum absolute atomic E-state index is 0.0807. The number of aromatic nitrogens is 3. The second-order valence-corrected chi connectivity index (χ2v) is 9.53. The van der Waals surface area contributed by atoms with Crippen molar-refractivity contribution in [1.82, 2.24) is 25.2 Å². The number of carbonyl (C=O) groups excluding carboxylic acids is 2. The highest BCUT2D eigenvalue weighted by Gasteiger charge is 2.20. The normalized spacial score (nSPS) is 10.6. The molecule has 212 valence electrons. The number of carbonyl (C=O) groups is 2. The van der Waals surface area contributed by atoms with Crippen molar-refractivity contribution in [3.63, 3.8) is 0 Å². The third kappa shape index (κ3) is 12.3. The van der Waals surface area contributed by atoms with Crippen LogP contribution in [-0.4, -0.2) is 85.0 Å². The van der Waals surface area contributed by atoms with Gasteiger partial charge in [0.2, 0.25) is 17.7 Å². The molecule has 39 heavy (non-hydrogen) atoms. The molecule has 12 nitrogen and oxygen atoms in total. The van der Waals surface area contributed by atoms with Crippen molar-refractivity contribution in [3.05, 3.63) is 30.1 Å². The SMILES string of the molecule is COCCCNc1nc(Nc2ccnc(OC)c2)ncc1C#CCCCNC(=O)CN(C)C(=O)OC(C)(C)C. The van der Waals surface area contributed by atoms with Gasteiger partial charge >= 0.3 is 6.09 Å². The molecule has 3 N–H and O–H groups in total. The fourth-order valence-electron chi connectivity index (χ4n) is 3.06. The average molecular weight is 542 g/mol. The summed E-state index contributed by atoms with van der Waals surface area (Å²) in [5.41, 5.74) is 0.786. The summed E-state index contributed by atoms with van der Waals surface area (Å²) in [6, 6.07) is 3.54. The molecule has 2 aromatic heterocycles. The van der Waals surface area contributed by atoms with Crippen LogP contribution in [0.25, 0.3) is 0 Å². The largest absolute Gasteiger partial charge is 0.481 e. The maximum atomic E-state index is 12.1. The van der Waals surface area contributed by atoms with E-state index in [-0.39, 0.29) is 12.5 Å². The highest BCUT2D eigenvalue weighted by molar-refractivity contribution is 5.82. The Morgan fingerprint density at radius 1 is 1.13 bits per heavy atom. The van der Waals surface area contributed by atoms with Crippen LogP contribution in [0.2, 0.25) is 0 Å². The van der Waals surface area contributed by atoms with Crippen molar-refractivity contribution in [2.45, 2.75) is 45.6 Å². The van der Waals surface area contributed by atoms with Crippen LogP contribution in [0.5, 0.6) is 5.88 Å². The number of hydrogen-bond donors (Lipinski definition) is 3. The van der Waals surface area contributed by atoms with Gasteiger partial charge in [0.05, 0.1) is 18.9 Å². The Balaban J connectivity index is 1.91. The van der Waals surface area contributed by atoms with Gasteiger partial charge in [-0.3, -0.25) is 4.79 Å². The summed E-state index contributed by atoms with van der Waals surface area (Å²) in [5, 5.41) is 9.23. The number of unbranched alkanes of at least 4 members (excludes halogenated alkanes) is 1. The van der Waals surface area contributed by atoms with Crippen molar-refractivity contribution in [2.24, 2.45) is 0 Å². The Bertz CT molecular complexity index is 1140. The number of hydrogen-bond acceptors (Lipinski definition) is 10. The topological polar surface area (TPSA) is 140 Å². The molecule has 0 radical (unpaired) electrons. The molecule has 0 spiro atoms. The maximum absolute atomic E-state index is 12.1. The number of amides is 2. The Morgan fingerprint density at radius 3 is 2.64 bits per heavy atom. The molecule has 2 rings (SSSR count). The third-order valence-electron chi connectivity index (χ3n) is 4.92. The second-order valence-electron chi connectivity index (χ2n) is 9.53. The molecule has 0 aliphatic heterocycles. The standard InChI is InChI=1S/C27H39N7O5/c1-27(2,3)39-26(36)34(4)19-22(35)28-13-9-7-8-11-20-18-31-25(33-24(20)30-14-10-16-37-5)32-21-12-15-29-23(17-21)38-6/h12,15,17-18H,7,9-10,13-14,16,19H2,1-6H3,(H,28,35)(H2,29,30,31,32,33). The number of rotatable bonds is 13. The molecule has 2 aromatic rings. The van der Waals surface area contributed by atoms with E-state index in [1.54, 1.807) is 59.5 Å². The van der Waals surface area contributed by atoms with Crippen molar-refractivity contribution >= 4 is 29.5 Å². The lowest BCUT2D eigenvalue weighted by molar-refractivity contribution is -0.122. The summed E-state index contributed by atoms with van der Waals surface area (Å²) in [6.07, 6.45) is 4.76. The van der Waals surface area contributed by atoms with Crippen molar-refractivity contribution < 1.29 is 23.8 Å². The first kappa shape index (κ1) is 31.1. The highest BCUT2D eigenvalue weighted by atomic mass is 16.6. The van der Waals surface area contributed by atoms with E-state index in [1.165, 1.54) is 11.9 Å². The van der Waals surface area contributed by atoms with Crippen LogP contribution in [0, 0.1) is 11.8 Å². The first-order valence-corrected chi connectivity index (χ1v) is 12.7. The summed E-state index contributed by atoms with van der Waals surface area (Å²) >= 11 is 0. The molecule has 0 fully saturated rings. The zero-order chi connectivity index (χ0) is 28.7. The summed E-state index contributed by atoms with van der Waals surface area (Å²) in [4.78, 5) is 38.4. The molecular formula is C27H39N7O5. The fraction of sp³-hybridized carbons (Fsp3) is 0.519. The van der Waals surface area contributed by atoms with E-state index in [0.717, 1.165) is 12.1 Å². The number of anilines is 3. The Labute approximate surface area is 230 Å². The van der Waals surface area contributed by atoms with Gasteiger partial charge in [-0.25, -0.2) is 14.8 Å². The first-order valence-electron chi connectivity index (χ1n) is 12.7. The second kappa shape index (κ2) is 16.0. The lowest BCUT2D eigenvalue weighted by atomic mass is 10.2. The van der Waals surface area contributed by atoms with Gasteiger partial charge in [0.15, 0.2) is 0 Å². The molecule has 0 aliphatic rings. The fourth-order valence-corrected chi connectivity index (χ4v) is 3.06. The van der Waals surface area contributed by atoms with Gasteiger partial charge in [0.25, 0.3) is 0 Å². The molecule has 0 aliphatic carbocycles. The molecule has 0 saturated heterocycles. The van der Waals surface area contributed by atoms with E-state index >= 15 is 0 Å². The van der Waals surface area contributed by atoms with E-state index in [0.29, 0.717) is 55.7 Å². The summed E-state index contributed by atoms with van der Waals surface area (Å²) in [5.74, 6) is 7.45. The van der Waals surface area contributed by atoms with Gasteiger partial charge in [0.1, 0.15) is 18.0 Å². The van der Waals surface area contributed by atoms with E-state index in [2.05, 4.69) is 42.7 Å². The zero-order valence-electron chi connectivity index (χ0n) is 23.6. The molecule has 2 amide bonds. The van der Waals surface area contributed by atoms with Gasteiger partial charge in [-0.2, -0.15) is 4.98 Å². The minimum atomic E-state index is -0.616. The van der Waals surface area contributed by atoms with E-state index < -0.39 is 11.7 Å². The van der Waals surface area contributed by atoms with Crippen molar-refractivity contribution in [2.75, 3.05) is 58.1 Å². The number of nitrogens with zero attached hydrogens (tertiary/aromatic N) is 4. The first-order chi connectivity index (χ1) is 18.6. The quantitative estimate of drug-likeness (QED) is 0.256. The molecule has 0 bridgehead atoms. The van der Waals surface area contributed by atoms with Gasteiger partial charge in [0, 0.05) is 58.2 Å². The molecule has 0 atom stereocenters. The molecule has 0 saturated carbocycles. The molecule has 2 heterocycles. The molecule has 12 heteroatoms. The van der Waals surface area contributed by atoms with E-state index in [9.17, 15) is 9.59 Å². The summed E-state index contributed by atoms with van der Waals surface area (Å²) in [6.45, 7) is 6.97. The van der Waals surface area contributed by atoms with Crippen LogP contribution in [-0.2, 0) is 14.3 Å². The Morgan fingerprint density at radius 2 is 1.92 bits per heavy atom. The lowest BCUT2D eigenvalue weighted by Crippen LogP contribution is -2.41. The summed E-state index contributed by atoms with van der Waals surface area (Å²) in [7, 11) is 4.74.